The molecule has 1 unspecified atom stereocenters. The first kappa shape index (κ1) is 23.9. The van der Waals surface area contributed by atoms with E-state index in [1.54, 1.807) is 13.8 Å². The number of carbonyl (C=O) groups is 2. The van der Waals surface area contributed by atoms with Crippen molar-refractivity contribution in [2.75, 3.05) is 18.5 Å². The highest BCUT2D eigenvalue weighted by atomic mass is 32.2. The number of piperidine rings is 1. The number of hydrogen-bond donors (Lipinski definition) is 1. The van der Waals surface area contributed by atoms with Crippen molar-refractivity contribution >= 4 is 38.2 Å². The van der Waals surface area contributed by atoms with Crippen LogP contribution in [0, 0.1) is 18.3 Å². The van der Waals surface area contributed by atoms with E-state index in [-0.39, 0.29) is 38.5 Å². The van der Waals surface area contributed by atoms with Gasteiger partial charge >= 0.3 is 5.97 Å². The summed E-state index contributed by atoms with van der Waals surface area (Å²) < 4.78 is 32.4. The highest BCUT2D eigenvalue weighted by Gasteiger charge is 2.31. The maximum atomic E-state index is 13.0. The molecule has 1 aliphatic heterocycles. The van der Waals surface area contributed by atoms with Crippen LogP contribution in [0.2, 0.25) is 0 Å². The first-order chi connectivity index (χ1) is 15.2. The predicted octanol–water partition coefficient (Wildman–Crippen LogP) is 3.92. The summed E-state index contributed by atoms with van der Waals surface area (Å²) in [5, 5.41) is 12.4. The minimum absolute atomic E-state index is 0.0585. The van der Waals surface area contributed by atoms with Crippen LogP contribution in [0.1, 0.15) is 64.3 Å². The summed E-state index contributed by atoms with van der Waals surface area (Å²) in [5.74, 6) is -1.05. The molecule has 1 fully saturated rings. The van der Waals surface area contributed by atoms with Gasteiger partial charge in [-0.2, -0.15) is 9.57 Å². The third-order valence-electron chi connectivity index (χ3n) is 5.41. The van der Waals surface area contributed by atoms with E-state index in [1.807, 2.05) is 13.0 Å². The molecular weight excluding hydrogens is 450 g/mol. The Balaban J connectivity index is 1.81. The highest BCUT2D eigenvalue weighted by Crippen LogP contribution is 2.33. The number of amides is 1. The normalized spacial score (nSPS) is 16.9. The average molecular weight is 476 g/mol. The van der Waals surface area contributed by atoms with Crippen LogP contribution in [0.25, 0.3) is 0 Å². The molecule has 0 saturated carbocycles. The lowest BCUT2D eigenvalue weighted by Gasteiger charge is -2.32. The SMILES string of the molecule is CCOC(=O)c1sc(NC(=O)c2ccc(S(=O)(=O)N3CCCCC3C)cc2)c(C#N)c1C. The maximum absolute atomic E-state index is 13.0. The predicted molar refractivity (Wildman–Crippen MR) is 121 cm³/mol. The fourth-order valence-corrected chi connectivity index (χ4v) is 6.39. The van der Waals surface area contributed by atoms with Gasteiger partial charge in [-0.1, -0.05) is 6.42 Å². The summed E-state index contributed by atoms with van der Waals surface area (Å²) in [6.45, 7) is 5.90. The number of ether oxygens (including phenoxy) is 1. The van der Waals surface area contributed by atoms with Crippen molar-refractivity contribution in [1.82, 2.24) is 4.31 Å². The zero-order valence-corrected chi connectivity index (χ0v) is 19.8. The lowest BCUT2D eigenvalue weighted by atomic mass is 10.1. The molecule has 2 heterocycles. The van der Waals surface area contributed by atoms with Crippen LogP contribution in [-0.4, -0.2) is 43.8 Å². The van der Waals surface area contributed by atoms with Gasteiger partial charge in [0, 0.05) is 18.2 Å². The zero-order valence-electron chi connectivity index (χ0n) is 18.2. The largest absolute Gasteiger partial charge is 0.462 e. The second-order valence-electron chi connectivity index (χ2n) is 7.53. The van der Waals surface area contributed by atoms with Crippen LogP contribution < -0.4 is 5.32 Å². The molecule has 1 amide bonds. The molecule has 0 aliphatic carbocycles. The lowest BCUT2D eigenvalue weighted by Crippen LogP contribution is -2.41. The number of benzene rings is 1. The number of carbonyl (C=O) groups excluding carboxylic acids is 2. The Morgan fingerprint density at radius 1 is 1.28 bits per heavy atom. The Kier molecular flexibility index (Phi) is 7.33. The summed E-state index contributed by atoms with van der Waals surface area (Å²) in [6.07, 6.45) is 2.67. The van der Waals surface area contributed by atoms with Gasteiger partial charge in [-0.05, 0) is 63.4 Å². The molecule has 0 bridgehead atoms. The van der Waals surface area contributed by atoms with Crippen molar-refractivity contribution in [2.24, 2.45) is 0 Å². The fourth-order valence-electron chi connectivity index (χ4n) is 3.65. The van der Waals surface area contributed by atoms with E-state index in [0.29, 0.717) is 12.1 Å². The summed E-state index contributed by atoms with van der Waals surface area (Å²) in [4.78, 5) is 25.2. The van der Waals surface area contributed by atoms with E-state index in [2.05, 4.69) is 5.32 Å². The van der Waals surface area contributed by atoms with Gasteiger partial charge in [-0.25, -0.2) is 13.2 Å². The Morgan fingerprint density at radius 2 is 1.97 bits per heavy atom. The number of sulfonamides is 1. The van der Waals surface area contributed by atoms with E-state index >= 15 is 0 Å². The van der Waals surface area contributed by atoms with Gasteiger partial charge in [0.2, 0.25) is 10.0 Å². The second-order valence-corrected chi connectivity index (χ2v) is 10.4. The summed E-state index contributed by atoms with van der Waals surface area (Å²) in [6, 6.07) is 7.67. The first-order valence-electron chi connectivity index (χ1n) is 10.3. The molecule has 1 N–H and O–H groups in total. The molecule has 2 aromatic rings. The minimum atomic E-state index is -3.63. The van der Waals surface area contributed by atoms with Crippen LogP contribution in [0.4, 0.5) is 5.00 Å². The molecule has 3 rings (SSSR count). The Labute approximate surface area is 191 Å². The number of hydrogen-bond acceptors (Lipinski definition) is 7. The summed E-state index contributed by atoms with van der Waals surface area (Å²) >= 11 is 0.977. The molecule has 1 aromatic heterocycles. The maximum Gasteiger partial charge on any atom is 0.348 e. The minimum Gasteiger partial charge on any atom is -0.462 e. The van der Waals surface area contributed by atoms with Crippen LogP contribution >= 0.6 is 11.3 Å². The van der Waals surface area contributed by atoms with Gasteiger partial charge in [0.05, 0.1) is 17.1 Å². The molecule has 0 radical (unpaired) electrons. The average Bonchev–Trinajstić information content (AvgIpc) is 3.09. The Morgan fingerprint density at radius 3 is 2.56 bits per heavy atom. The number of nitrogens with one attached hydrogen (secondary N) is 1. The van der Waals surface area contributed by atoms with Crippen molar-refractivity contribution in [3.63, 3.8) is 0 Å². The number of nitriles is 1. The monoisotopic (exact) mass is 475 g/mol. The van der Waals surface area contributed by atoms with Crippen molar-refractivity contribution in [1.29, 1.82) is 5.26 Å². The number of esters is 1. The summed E-state index contributed by atoms with van der Waals surface area (Å²) in [5.41, 5.74) is 0.885. The zero-order chi connectivity index (χ0) is 23.5. The molecule has 1 aliphatic rings. The molecular formula is C22H25N3O5S2. The standard InChI is InChI=1S/C22H25N3O5S2/c1-4-30-22(27)19-15(3)18(13-23)21(31-19)24-20(26)16-8-10-17(11-9-16)32(28,29)25-12-6-5-7-14(25)2/h8-11,14H,4-7,12H2,1-3H3,(H,24,26). The van der Waals surface area contributed by atoms with Gasteiger partial charge in [-0.3, -0.25) is 4.79 Å². The smallest absolute Gasteiger partial charge is 0.348 e. The van der Waals surface area contributed by atoms with Gasteiger partial charge in [-0.15, -0.1) is 11.3 Å². The third kappa shape index (κ3) is 4.70. The van der Waals surface area contributed by atoms with Crippen LogP contribution in [0.5, 0.6) is 0 Å². The fraction of sp³-hybridized carbons (Fsp3) is 0.409. The van der Waals surface area contributed by atoms with Crippen LogP contribution in [0.15, 0.2) is 29.2 Å². The Hall–Kier alpha value is -2.74. The van der Waals surface area contributed by atoms with Gasteiger partial charge < -0.3 is 10.1 Å². The topological polar surface area (TPSA) is 117 Å². The van der Waals surface area contributed by atoms with Crippen molar-refractivity contribution in [3.8, 4) is 6.07 Å². The van der Waals surface area contributed by atoms with E-state index in [0.717, 1.165) is 30.6 Å². The van der Waals surface area contributed by atoms with Crippen molar-refractivity contribution in [3.05, 3.63) is 45.8 Å². The van der Waals surface area contributed by atoms with Gasteiger partial charge in [0.25, 0.3) is 5.91 Å². The number of rotatable bonds is 6. The van der Waals surface area contributed by atoms with Crippen molar-refractivity contribution < 1.29 is 22.7 Å². The second kappa shape index (κ2) is 9.81. The van der Waals surface area contributed by atoms with Crippen LogP contribution in [-0.2, 0) is 14.8 Å². The molecule has 8 nitrogen and oxygen atoms in total. The first-order valence-corrected chi connectivity index (χ1v) is 12.6. The summed E-state index contributed by atoms with van der Waals surface area (Å²) in [7, 11) is -3.63. The molecule has 1 atom stereocenters. The molecule has 1 saturated heterocycles. The molecule has 170 valence electrons. The van der Waals surface area contributed by atoms with E-state index in [1.165, 1.54) is 28.6 Å². The molecule has 1 aromatic carbocycles. The lowest BCUT2D eigenvalue weighted by molar-refractivity contribution is 0.0531. The highest BCUT2D eigenvalue weighted by molar-refractivity contribution is 7.89. The quantitative estimate of drug-likeness (QED) is 0.633. The molecule has 10 heteroatoms. The Bertz CT molecular complexity index is 1160. The molecule has 0 spiro atoms. The number of thiophene rings is 1. The van der Waals surface area contributed by atoms with Gasteiger partial charge in [0.15, 0.2) is 0 Å². The molecule has 32 heavy (non-hydrogen) atoms. The number of anilines is 1. The number of nitrogens with zero attached hydrogens (tertiary/aromatic N) is 2. The van der Waals surface area contributed by atoms with E-state index in [4.69, 9.17) is 4.74 Å². The third-order valence-corrected chi connectivity index (χ3v) is 8.63. The van der Waals surface area contributed by atoms with Crippen molar-refractivity contribution in [2.45, 2.75) is 51.0 Å². The van der Waals surface area contributed by atoms with E-state index < -0.39 is 21.9 Å². The van der Waals surface area contributed by atoms with E-state index in [9.17, 15) is 23.3 Å². The van der Waals surface area contributed by atoms with Gasteiger partial charge in [0.1, 0.15) is 15.9 Å². The van der Waals surface area contributed by atoms with Crippen LogP contribution in [0.3, 0.4) is 0 Å².